The number of nitrogens with one attached hydrogen (secondary N) is 1. The summed E-state index contributed by atoms with van der Waals surface area (Å²) < 4.78 is 5.27. The molecule has 2 amide bonds. The minimum atomic E-state index is 0.00339. The number of methoxy groups -OCH3 is 1. The Kier molecular flexibility index (Phi) is 7.61. The quantitative estimate of drug-likeness (QED) is 0.471. The average molecular weight is 473 g/mol. The number of ether oxygens (including phenoxy) is 1. The zero-order chi connectivity index (χ0) is 24.9. The lowest BCUT2D eigenvalue weighted by Crippen LogP contribution is -2.41. The molecule has 0 aliphatic carbocycles. The van der Waals surface area contributed by atoms with Crippen molar-refractivity contribution in [3.63, 3.8) is 0 Å². The second-order valence-electron chi connectivity index (χ2n) is 9.44. The van der Waals surface area contributed by atoms with Crippen LogP contribution in [0.5, 0.6) is 5.75 Å². The van der Waals surface area contributed by atoms with Gasteiger partial charge < -0.3 is 14.5 Å². The highest BCUT2D eigenvalue weighted by molar-refractivity contribution is 5.77. The molecule has 1 heterocycles. The Balaban J connectivity index is 1.49. The molecule has 0 spiro atoms. The molecule has 1 aliphatic heterocycles. The first-order chi connectivity index (χ1) is 16.9. The number of benzene rings is 3. The van der Waals surface area contributed by atoms with Gasteiger partial charge in [-0.2, -0.15) is 0 Å². The van der Waals surface area contributed by atoms with Crippen LogP contribution >= 0.6 is 0 Å². The van der Waals surface area contributed by atoms with Crippen molar-refractivity contribution < 1.29 is 9.53 Å². The van der Waals surface area contributed by atoms with Crippen molar-refractivity contribution in [3.05, 3.63) is 94.5 Å². The minimum absolute atomic E-state index is 0.00339. The molecule has 0 radical (unpaired) electrons. The van der Waals surface area contributed by atoms with Gasteiger partial charge in [0.05, 0.1) is 19.7 Å². The van der Waals surface area contributed by atoms with Gasteiger partial charge in [-0.05, 0) is 72.4 Å². The average Bonchev–Trinajstić information content (AvgIpc) is 3.18. The first kappa shape index (κ1) is 24.6. The maximum Gasteiger partial charge on any atom is 0.335 e. The lowest BCUT2D eigenvalue weighted by molar-refractivity contribution is 0.171. The second-order valence-corrected chi connectivity index (χ2v) is 9.44. The van der Waals surface area contributed by atoms with Crippen LogP contribution in [0.3, 0.4) is 0 Å². The van der Waals surface area contributed by atoms with Crippen LogP contribution in [0.25, 0.3) is 0 Å². The van der Waals surface area contributed by atoms with Crippen LogP contribution in [0.15, 0.2) is 66.7 Å². The Morgan fingerprint density at radius 3 is 2.26 bits per heavy atom. The van der Waals surface area contributed by atoms with E-state index in [0.717, 1.165) is 23.4 Å². The maximum atomic E-state index is 13.5. The van der Waals surface area contributed by atoms with Crippen LogP contribution in [0.4, 0.5) is 10.5 Å². The number of hydrogen-bond donors (Lipinski definition) is 1. The van der Waals surface area contributed by atoms with E-state index in [-0.39, 0.29) is 12.1 Å². The Hall–Kier alpha value is -3.51. The van der Waals surface area contributed by atoms with E-state index in [4.69, 9.17) is 4.74 Å². The standard InChI is InChI=1S/C29H36N4O2/c1-21-6-11-25(18-22(21)2)28-20-33(30-19-24-7-12-26(13-8-24)31(3)4)29(34)32(28)17-16-23-9-14-27(35-5)15-10-23/h6-15,18,28,30H,16-17,19-20H2,1-5H3. The summed E-state index contributed by atoms with van der Waals surface area (Å²) >= 11 is 0. The van der Waals surface area contributed by atoms with Crippen LogP contribution < -0.4 is 15.1 Å². The van der Waals surface area contributed by atoms with E-state index in [9.17, 15) is 4.79 Å². The molecule has 3 aromatic carbocycles. The van der Waals surface area contributed by atoms with Gasteiger partial charge in [0.1, 0.15) is 5.75 Å². The molecule has 184 valence electrons. The van der Waals surface area contributed by atoms with Crippen molar-refractivity contribution >= 4 is 11.7 Å². The predicted octanol–water partition coefficient (Wildman–Crippen LogP) is 5.10. The molecule has 1 aliphatic rings. The fourth-order valence-corrected chi connectivity index (χ4v) is 4.42. The molecule has 6 heteroatoms. The third kappa shape index (κ3) is 5.77. The normalized spacial score (nSPS) is 15.6. The summed E-state index contributed by atoms with van der Waals surface area (Å²) in [6.45, 7) is 6.12. The first-order valence-corrected chi connectivity index (χ1v) is 12.1. The van der Waals surface area contributed by atoms with E-state index >= 15 is 0 Å². The number of urea groups is 1. The Labute approximate surface area is 209 Å². The number of rotatable bonds is 9. The van der Waals surface area contributed by atoms with Crippen molar-refractivity contribution in [2.24, 2.45) is 0 Å². The smallest absolute Gasteiger partial charge is 0.335 e. The van der Waals surface area contributed by atoms with E-state index in [2.05, 4.69) is 78.8 Å². The zero-order valence-corrected chi connectivity index (χ0v) is 21.4. The molecular weight excluding hydrogens is 436 g/mol. The Morgan fingerprint density at radius 1 is 0.943 bits per heavy atom. The summed E-state index contributed by atoms with van der Waals surface area (Å²) in [5.74, 6) is 0.841. The third-order valence-electron chi connectivity index (χ3n) is 6.85. The van der Waals surface area contributed by atoms with Crippen molar-refractivity contribution in [2.45, 2.75) is 32.9 Å². The number of aryl methyl sites for hydroxylation is 2. The minimum Gasteiger partial charge on any atom is -0.497 e. The van der Waals surface area contributed by atoms with Gasteiger partial charge in [-0.1, -0.05) is 42.5 Å². The van der Waals surface area contributed by atoms with E-state index in [1.54, 1.807) is 12.1 Å². The topological polar surface area (TPSA) is 48.1 Å². The maximum absolute atomic E-state index is 13.5. The predicted molar refractivity (Wildman–Crippen MR) is 142 cm³/mol. The number of carbonyl (C=O) groups is 1. The number of nitrogens with zero attached hydrogens (tertiary/aromatic N) is 3. The number of hydrogen-bond acceptors (Lipinski definition) is 4. The summed E-state index contributed by atoms with van der Waals surface area (Å²) in [6, 6.07) is 23.0. The molecular formula is C29H36N4O2. The van der Waals surface area contributed by atoms with Crippen molar-refractivity contribution in [2.75, 3.05) is 39.2 Å². The molecule has 0 bridgehead atoms. The summed E-state index contributed by atoms with van der Waals surface area (Å²) in [6.07, 6.45) is 0.789. The van der Waals surface area contributed by atoms with Crippen LogP contribution in [-0.2, 0) is 13.0 Å². The Morgan fingerprint density at radius 2 is 1.63 bits per heavy atom. The van der Waals surface area contributed by atoms with E-state index < -0.39 is 0 Å². The summed E-state index contributed by atoms with van der Waals surface area (Å²) in [4.78, 5) is 17.6. The lowest BCUT2D eigenvalue weighted by atomic mass is 10.0. The third-order valence-corrected chi connectivity index (χ3v) is 6.85. The molecule has 0 aromatic heterocycles. The molecule has 6 nitrogen and oxygen atoms in total. The van der Waals surface area contributed by atoms with Crippen molar-refractivity contribution in [1.82, 2.24) is 15.3 Å². The molecule has 35 heavy (non-hydrogen) atoms. The molecule has 1 unspecified atom stereocenters. The summed E-state index contributed by atoms with van der Waals surface area (Å²) in [5.41, 5.74) is 10.5. The molecule has 1 atom stereocenters. The fraction of sp³-hybridized carbons (Fsp3) is 0.345. The van der Waals surface area contributed by atoms with Gasteiger partial charge in [0.15, 0.2) is 0 Å². The molecule has 0 saturated carbocycles. The fourth-order valence-electron chi connectivity index (χ4n) is 4.42. The highest BCUT2D eigenvalue weighted by atomic mass is 16.5. The van der Waals surface area contributed by atoms with E-state index in [0.29, 0.717) is 19.6 Å². The highest BCUT2D eigenvalue weighted by Gasteiger charge is 2.38. The highest BCUT2D eigenvalue weighted by Crippen LogP contribution is 2.30. The monoisotopic (exact) mass is 472 g/mol. The van der Waals surface area contributed by atoms with Crippen LogP contribution in [0, 0.1) is 13.8 Å². The van der Waals surface area contributed by atoms with Crippen LogP contribution in [0.1, 0.15) is 33.9 Å². The van der Waals surface area contributed by atoms with Crippen LogP contribution in [0.2, 0.25) is 0 Å². The van der Waals surface area contributed by atoms with Crippen LogP contribution in [-0.4, -0.2) is 50.2 Å². The largest absolute Gasteiger partial charge is 0.497 e. The summed E-state index contributed by atoms with van der Waals surface area (Å²) in [5, 5.41) is 1.77. The molecule has 1 saturated heterocycles. The van der Waals surface area contributed by atoms with Gasteiger partial charge in [-0.3, -0.25) is 5.01 Å². The van der Waals surface area contributed by atoms with E-state index in [1.165, 1.54) is 22.3 Å². The van der Waals surface area contributed by atoms with Gasteiger partial charge >= 0.3 is 6.03 Å². The van der Waals surface area contributed by atoms with Gasteiger partial charge in [0.2, 0.25) is 0 Å². The number of hydrazine groups is 1. The van der Waals surface area contributed by atoms with Gasteiger partial charge in [-0.15, -0.1) is 0 Å². The summed E-state index contributed by atoms with van der Waals surface area (Å²) in [7, 11) is 5.73. The van der Waals surface area contributed by atoms with E-state index in [1.807, 2.05) is 31.1 Å². The SMILES string of the molecule is COc1ccc(CCN2C(=O)N(NCc3ccc(N(C)C)cc3)CC2c2ccc(C)c(C)c2)cc1. The molecule has 4 rings (SSSR count). The second kappa shape index (κ2) is 10.8. The number of carbonyl (C=O) groups excluding carboxylic acids is 1. The number of anilines is 1. The lowest BCUT2D eigenvalue weighted by Gasteiger charge is -2.24. The molecule has 1 N–H and O–H groups in total. The van der Waals surface area contributed by atoms with Gasteiger partial charge in [0, 0.05) is 32.9 Å². The first-order valence-electron chi connectivity index (χ1n) is 12.1. The van der Waals surface area contributed by atoms with Gasteiger partial charge in [0.25, 0.3) is 0 Å². The molecule has 1 fully saturated rings. The van der Waals surface area contributed by atoms with Crippen molar-refractivity contribution in [1.29, 1.82) is 0 Å². The Bertz CT molecular complexity index is 1140. The number of amides is 2. The molecule has 3 aromatic rings. The van der Waals surface area contributed by atoms with Crippen molar-refractivity contribution in [3.8, 4) is 5.75 Å². The zero-order valence-electron chi connectivity index (χ0n) is 21.4. The van der Waals surface area contributed by atoms with Gasteiger partial charge in [-0.25, -0.2) is 10.2 Å².